The second kappa shape index (κ2) is 11.7. The quantitative estimate of drug-likeness (QED) is 0.182. The van der Waals surface area contributed by atoms with E-state index in [2.05, 4.69) is 167 Å². The average Bonchev–Trinajstić information content (AvgIpc) is 3.92. The maximum atomic E-state index is 5.37. The lowest BCUT2D eigenvalue weighted by Gasteiger charge is -2.12. The highest BCUT2D eigenvalue weighted by Gasteiger charge is 2.27. The van der Waals surface area contributed by atoms with Gasteiger partial charge in [0.2, 0.25) is 5.95 Å². The summed E-state index contributed by atoms with van der Waals surface area (Å²) in [6.07, 6.45) is 0. The lowest BCUT2D eigenvalue weighted by Crippen LogP contribution is -2.06. The van der Waals surface area contributed by atoms with Gasteiger partial charge in [-0.15, -0.1) is 11.3 Å². The van der Waals surface area contributed by atoms with E-state index in [1.165, 1.54) is 52.8 Å². The molecule has 5 nitrogen and oxygen atoms in total. The van der Waals surface area contributed by atoms with E-state index >= 15 is 0 Å². The third kappa shape index (κ3) is 4.43. The Bertz CT molecular complexity index is 3490. The highest BCUT2D eigenvalue weighted by molar-refractivity contribution is 7.27. The summed E-state index contributed by atoms with van der Waals surface area (Å²) in [7, 11) is 0. The molecule has 0 fully saturated rings. The van der Waals surface area contributed by atoms with E-state index in [0.29, 0.717) is 17.6 Å². The molecule has 0 N–H and O–H groups in total. The van der Waals surface area contributed by atoms with E-state index < -0.39 is 0 Å². The van der Waals surface area contributed by atoms with Gasteiger partial charge < -0.3 is 4.57 Å². The fourth-order valence-electron chi connectivity index (χ4n) is 8.58. The van der Waals surface area contributed by atoms with Crippen molar-refractivity contribution in [1.82, 2.24) is 24.1 Å². The first-order valence-electron chi connectivity index (χ1n) is 18.5. The van der Waals surface area contributed by atoms with Crippen LogP contribution in [0.25, 0.3) is 109 Å². The Morgan fingerprint density at radius 1 is 0.400 bits per heavy atom. The van der Waals surface area contributed by atoms with Crippen LogP contribution in [0.4, 0.5) is 0 Å². The zero-order valence-corrected chi connectivity index (χ0v) is 30.2. The summed E-state index contributed by atoms with van der Waals surface area (Å²) >= 11 is 1.84. The first kappa shape index (κ1) is 30.3. The van der Waals surface area contributed by atoms with Gasteiger partial charge in [0.05, 0.1) is 26.8 Å². The predicted molar refractivity (Wildman–Crippen MR) is 230 cm³/mol. The molecule has 0 atom stereocenters. The van der Waals surface area contributed by atoms with Crippen molar-refractivity contribution in [3.05, 3.63) is 176 Å². The number of nitrogens with zero attached hydrogens (tertiary/aromatic N) is 5. The van der Waals surface area contributed by atoms with Crippen LogP contribution < -0.4 is 0 Å². The number of hydrogen-bond donors (Lipinski definition) is 0. The minimum atomic E-state index is 0.591. The van der Waals surface area contributed by atoms with Gasteiger partial charge in [0.1, 0.15) is 0 Å². The van der Waals surface area contributed by atoms with E-state index in [1.807, 2.05) is 29.5 Å². The molecule has 0 bridgehead atoms. The van der Waals surface area contributed by atoms with Crippen molar-refractivity contribution in [3.63, 3.8) is 0 Å². The van der Waals surface area contributed by atoms with E-state index in [4.69, 9.17) is 15.0 Å². The van der Waals surface area contributed by atoms with E-state index in [0.717, 1.165) is 38.6 Å². The summed E-state index contributed by atoms with van der Waals surface area (Å²) in [5, 5.41) is 9.59. The largest absolute Gasteiger partial charge is 0.309 e. The van der Waals surface area contributed by atoms with Crippen molar-refractivity contribution in [1.29, 1.82) is 0 Å². The van der Waals surface area contributed by atoms with Crippen LogP contribution in [-0.2, 0) is 0 Å². The van der Waals surface area contributed by atoms with Crippen LogP contribution in [0.3, 0.4) is 0 Å². The maximum absolute atomic E-state index is 5.37. The highest BCUT2D eigenvalue weighted by atomic mass is 32.1. The molecule has 256 valence electrons. The fraction of sp³-hybridized carbons (Fsp3) is 0. The molecule has 0 aliphatic heterocycles. The third-order valence-electron chi connectivity index (χ3n) is 10.9. The average molecular weight is 720 g/mol. The molecule has 6 heteroatoms. The standard InChI is InChI=1S/C49H29N5S/c1-3-16-31(17-4-1)47-50-48(33-28-27-30-15-7-8-18-32(30)29-33)52-49(51-47)54-39-25-13-10-22-36(39)42-41-35-21-9-12-24-38(35)53(34-19-5-2-6-20-34)44(41)43-37-23-11-14-26-40(37)55-46(43)45(42)54/h1-29H. The first-order valence-corrected chi connectivity index (χ1v) is 19.3. The maximum Gasteiger partial charge on any atom is 0.238 e. The minimum absolute atomic E-state index is 0.591. The molecule has 12 rings (SSSR count). The van der Waals surface area contributed by atoms with Crippen molar-refractivity contribution >= 4 is 85.9 Å². The fourth-order valence-corrected chi connectivity index (χ4v) is 9.82. The number of aromatic nitrogens is 5. The SMILES string of the molecule is c1ccc(-c2nc(-c3ccc4ccccc4c3)nc(-n3c4ccccc4c4c5c6ccccc6n(-c6ccccc6)c5c5c6ccccc6sc5c43)n2)cc1. The van der Waals surface area contributed by atoms with Gasteiger partial charge in [-0.25, -0.2) is 4.98 Å². The van der Waals surface area contributed by atoms with Crippen LogP contribution in [0.1, 0.15) is 0 Å². The molecule has 0 saturated heterocycles. The molecule has 0 radical (unpaired) electrons. The highest BCUT2D eigenvalue weighted by Crippen LogP contribution is 2.51. The van der Waals surface area contributed by atoms with Gasteiger partial charge in [-0.05, 0) is 47.2 Å². The van der Waals surface area contributed by atoms with Gasteiger partial charge in [0.25, 0.3) is 0 Å². The topological polar surface area (TPSA) is 48.5 Å². The van der Waals surface area contributed by atoms with Gasteiger partial charge >= 0.3 is 0 Å². The molecule has 12 aromatic rings. The smallest absolute Gasteiger partial charge is 0.238 e. The monoisotopic (exact) mass is 719 g/mol. The molecule has 55 heavy (non-hydrogen) atoms. The van der Waals surface area contributed by atoms with Crippen LogP contribution in [0.2, 0.25) is 0 Å². The Kier molecular flexibility index (Phi) is 6.44. The number of rotatable bonds is 4. The Morgan fingerprint density at radius 3 is 1.75 bits per heavy atom. The molecule has 0 saturated carbocycles. The van der Waals surface area contributed by atoms with E-state index in [1.54, 1.807) is 0 Å². The zero-order valence-electron chi connectivity index (χ0n) is 29.4. The van der Waals surface area contributed by atoms with Gasteiger partial charge in [-0.2, -0.15) is 9.97 Å². The third-order valence-corrected chi connectivity index (χ3v) is 12.1. The van der Waals surface area contributed by atoms with Crippen molar-refractivity contribution in [3.8, 4) is 34.4 Å². The van der Waals surface area contributed by atoms with Crippen LogP contribution in [-0.4, -0.2) is 24.1 Å². The number of para-hydroxylation sites is 3. The van der Waals surface area contributed by atoms with E-state index in [-0.39, 0.29) is 0 Å². The molecule has 8 aromatic carbocycles. The summed E-state index contributed by atoms with van der Waals surface area (Å²) in [6.45, 7) is 0. The van der Waals surface area contributed by atoms with Crippen LogP contribution in [0.5, 0.6) is 0 Å². The molecular formula is C49H29N5S. The van der Waals surface area contributed by atoms with Crippen molar-refractivity contribution in [2.45, 2.75) is 0 Å². The molecule has 0 amide bonds. The number of benzene rings is 8. The van der Waals surface area contributed by atoms with Crippen LogP contribution in [0, 0.1) is 0 Å². The number of thiophene rings is 1. The Hall–Kier alpha value is -7.15. The summed E-state index contributed by atoms with van der Waals surface area (Å²) in [6, 6.07) is 62.2. The Labute approximate surface area is 319 Å². The molecular weight excluding hydrogens is 691 g/mol. The number of hydrogen-bond acceptors (Lipinski definition) is 4. The van der Waals surface area contributed by atoms with Gasteiger partial charge in [-0.3, -0.25) is 4.57 Å². The van der Waals surface area contributed by atoms with Gasteiger partial charge in [0, 0.05) is 53.8 Å². The molecule has 0 unspecified atom stereocenters. The first-order chi connectivity index (χ1) is 27.3. The second-order valence-electron chi connectivity index (χ2n) is 14.0. The van der Waals surface area contributed by atoms with Gasteiger partial charge in [-0.1, -0.05) is 140 Å². The second-order valence-corrected chi connectivity index (χ2v) is 15.1. The Balaban J connectivity index is 1.29. The van der Waals surface area contributed by atoms with Gasteiger partial charge in [0.15, 0.2) is 11.6 Å². The summed E-state index contributed by atoms with van der Waals surface area (Å²) in [5.74, 6) is 1.86. The van der Waals surface area contributed by atoms with Crippen molar-refractivity contribution < 1.29 is 0 Å². The summed E-state index contributed by atoms with van der Waals surface area (Å²) < 4.78 is 7.21. The molecule has 0 aliphatic rings. The molecule has 4 heterocycles. The molecule has 0 aliphatic carbocycles. The van der Waals surface area contributed by atoms with Crippen LogP contribution >= 0.6 is 11.3 Å². The van der Waals surface area contributed by atoms with Crippen LogP contribution in [0.15, 0.2) is 176 Å². The lowest BCUT2D eigenvalue weighted by atomic mass is 10.0. The van der Waals surface area contributed by atoms with Crippen molar-refractivity contribution in [2.24, 2.45) is 0 Å². The predicted octanol–water partition coefficient (Wildman–Crippen LogP) is 12.9. The van der Waals surface area contributed by atoms with E-state index in [9.17, 15) is 0 Å². The minimum Gasteiger partial charge on any atom is -0.309 e. The van der Waals surface area contributed by atoms with Crippen molar-refractivity contribution in [2.75, 3.05) is 0 Å². The summed E-state index contributed by atoms with van der Waals surface area (Å²) in [4.78, 5) is 15.8. The number of fused-ring (bicyclic) bond motifs is 13. The summed E-state index contributed by atoms with van der Waals surface area (Å²) in [5.41, 5.74) is 7.57. The normalized spacial score (nSPS) is 12.0. The zero-order chi connectivity index (χ0) is 36.0. The molecule has 0 spiro atoms. The Morgan fingerprint density at radius 2 is 0.982 bits per heavy atom. The lowest BCUT2D eigenvalue weighted by molar-refractivity contribution is 0.956. The molecule has 4 aromatic heterocycles.